The predicted molar refractivity (Wildman–Crippen MR) is 71.6 cm³/mol. The number of non-ortho nitro benzene ring substituents is 1. The minimum absolute atomic E-state index is 0.0270. The number of nitro groups is 1. The van der Waals surface area contributed by atoms with Gasteiger partial charge in [-0.2, -0.15) is 0 Å². The highest BCUT2D eigenvalue weighted by Gasteiger charge is 2.38. The number of aromatic nitrogens is 1. The smallest absolute Gasteiger partial charge is 0.270 e. The van der Waals surface area contributed by atoms with Crippen LogP contribution < -0.4 is 0 Å². The molecule has 8 heteroatoms. The molecule has 1 aliphatic rings. The lowest BCUT2D eigenvalue weighted by atomic mass is 10.0. The molecule has 0 aliphatic carbocycles. The van der Waals surface area contributed by atoms with Crippen LogP contribution >= 0.6 is 0 Å². The fourth-order valence-electron chi connectivity index (χ4n) is 2.52. The third-order valence-electron chi connectivity index (χ3n) is 3.66. The Morgan fingerprint density at radius 2 is 2.00 bits per heavy atom. The van der Waals surface area contributed by atoms with Crippen molar-refractivity contribution in [2.45, 2.75) is 24.5 Å². The number of benzene rings is 1. The van der Waals surface area contributed by atoms with Crippen molar-refractivity contribution in [3.63, 3.8) is 0 Å². The second-order valence-corrected chi connectivity index (χ2v) is 5.00. The molecule has 0 spiro atoms. The normalized spacial score (nSPS) is 29.7. The third-order valence-corrected chi connectivity index (χ3v) is 3.66. The number of nitrogens with zero attached hydrogens (tertiary/aromatic N) is 2. The molecule has 4 atom stereocenters. The zero-order valence-electron chi connectivity index (χ0n) is 10.9. The molecule has 2 heterocycles. The van der Waals surface area contributed by atoms with E-state index in [-0.39, 0.29) is 12.3 Å². The second-order valence-electron chi connectivity index (χ2n) is 5.00. The topological polar surface area (TPSA) is 118 Å². The number of nitro benzene ring substituents is 1. The molecule has 0 unspecified atom stereocenters. The van der Waals surface area contributed by atoms with Crippen LogP contribution in [0.5, 0.6) is 0 Å². The van der Waals surface area contributed by atoms with Crippen LogP contribution in [0.25, 0.3) is 10.9 Å². The van der Waals surface area contributed by atoms with Gasteiger partial charge in [-0.05, 0) is 12.1 Å². The van der Waals surface area contributed by atoms with Gasteiger partial charge < -0.3 is 24.6 Å². The van der Waals surface area contributed by atoms with Gasteiger partial charge in [0.2, 0.25) is 0 Å². The number of aliphatic hydroxyl groups is 3. The van der Waals surface area contributed by atoms with Gasteiger partial charge in [0.1, 0.15) is 18.3 Å². The maximum atomic E-state index is 10.8. The molecule has 21 heavy (non-hydrogen) atoms. The number of rotatable bonds is 2. The van der Waals surface area contributed by atoms with Gasteiger partial charge in [-0.3, -0.25) is 10.1 Å². The number of fused-ring (bicyclic) bond motifs is 1. The van der Waals surface area contributed by atoms with E-state index in [0.717, 1.165) is 0 Å². The van der Waals surface area contributed by atoms with Crippen LogP contribution in [0.15, 0.2) is 30.5 Å². The largest absolute Gasteiger partial charge is 0.388 e. The maximum Gasteiger partial charge on any atom is 0.270 e. The van der Waals surface area contributed by atoms with E-state index < -0.39 is 29.5 Å². The predicted octanol–water partition coefficient (Wildman–Crippen LogP) is 0.161. The van der Waals surface area contributed by atoms with E-state index in [2.05, 4.69) is 0 Å². The summed E-state index contributed by atoms with van der Waals surface area (Å²) in [6, 6.07) is 6.00. The molecule has 1 fully saturated rings. The van der Waals surface area contributed by atoms with Crippen molar-refractivity contribution in [3.8, 4) is 0 Å². The molecule has 1 aliphatic heterocycles. The van der Waals surface area contributed by atoms with Crippen molar-refractivity contribution < 1.29 is 25.0 Å². The molecular weight excluding hydrogens is 280 g/mol. The quantitative estimate of drug-likeness (QED) is 0.536. The number of hydrogen-bond donors (Lipinski definition) is 3. The van der Waals surface area contributed by atoms with Crippen molar-refractivity contribution in [1.82, 2.24) is 4.57 Å². The van der Waals surface area contributed by atoms with Crippen LogP contribution in [0.4, 0.5) is 5.69 Å². The Bertz CT molecular complexity index is 684. The first-order valence-electron chi connectivity index (χ1n) is 6.40. The SMILES string of the molecule is O=[N+]([O-])c1ccc2c(ccn2[C@H]2OC[C@@H](O)[C@@H](O)[C@@H]2O)c1. The minimum atomic E-state index is -1.31. The van der Waals surface area contributed by atoms with Gasteiger partial charge in [0.05, 0.1) is 17.0 Å². The lowest BCUT2D eigenvalue weighted by molar-refractivity contribution is -0.384. The van der Waals surface area contributed by atoms with E-state index in [1.165, 1.54) is 12.1 Å². The first-order chi connectivity index (χ1) is 9.99. The molecule has 0 amide bonds. The fourth-order valence-corrected chi connectivity index (χ4v) is 2.52. The summed E-state index contributed by atoms with van der Waals surface area (Å²) in [6.45, 7) is -0.102. The maximum absolute atomic E-state index is 10.8. The molecule has 8 nitrogen and oxygen atoms in total. The summed E-state index contributed by atoms with van der Waals surface area (Å²) < 4.78 is 6.95. The van der Waals surface area contributed by atoms with Gasteiger partial charge in [0.15, 0.2) is 6.23 Å². The summed E-state index contributed by atoms with van der Waals surface area (Å²) in [5, 5.41) is 40.6. The van der Waals surface area contributed by atoms with E-state index in [1.807, 2.05) is 0 Å². The summed E-state index contributed by atoms with van der Waals surface area (Å²) in [4.78, 5) is 10.3. The Hall–Kier alpha value is -2.00. The monoisotopic (exact) mass is 294 g/mol. The Kier molecular flexibility index (Phi) is 3.38. The molecule has 112 valence electrons. The van der Waals surface area contributed by atoms with Gasteiger partial charge in [-0.15, -0.1) is 0 Å². The summed E-state index contributed by atoms with van der Waals surface area (Å²) in [7, 11) is 0. The zero-order valence-corrected chi connectivity index (χ0v) is 10.9. The average molecular weight is 294 g/mol. The van der Waals surface area contributed by atoms with E-state index in [1.54, 1.807) is 22.9 Å². The van der Waals surface area contributed by atoms with Gasteiger partial charge in [0, 0.05) is 23.7 Å². The van der Waals surface area contributed by atoms with Gasteiger partial charge in [-0.1, -0.05) is 0 Å². The molecule has 3 N–H and O–H groups in total. The van der Waals surface area contributed by atoms with Gasteiger partial charge in [-0.25, -0.2) is 0 Å². The first kappa shape index (κ1) is 14.0. The number of ether oxygens (including phenoxy) is 1. The zero-order chi connectivity index (χ0) is 15.1. The Morgan fingerprint density at radius 1 is 1.24 bits per heavy atom. The molecule has 0 saturated carbocycles. The summed E-state index contributed by atoms with van der Waals surface area (Å²) in [5.74, 6) is 0. The summed E-state index contributed by atoms with van der Waals surface area (Å²) in [5.41, 5.74) is 0.606. The van der Waals surface area contributed by atoms with Crippen LogP contribution in [-0.4, -0.2) is 49.7 Å². The second kappa shape index (κ2) is 5.08. The van der Waals surface area contributed by atoms with Crippen molar-refractivity contribution >= 4 is 16.6 Å². The highest BCUT2D eigenvalue weighted by atomic mass is 16.6. The molecule has 0 radical (unpaired) electrons. The van der Waals surface area contributed by atoms with Crippen LogP contribution in [-0.2, 0) is 4.74 Å². The van der Waals surface area contributed by atoms with E-state index in [9.17, 15) is 25.4 Å². The van der Waals surface area contributed by atoms with E-state index in [0.29, 0.717) is 10.9 Å². The standard InChI is InChI=1S/C13H14N2O6/c16-10-6-21-13(12(18)11(10)17)14-4-3-7-5-8(15(19)20)1-2-9(7)14/h1-5,10-13,16-18H,6H2/t10-,11-,12+,13+/m1/s1. The van der Waals surface area contributed by atoms with Crippen molar-refractivity contribution in [2.24, 2.45) is 0 Å². The van der Waals surface area contributed by atoms with E-state index in [4.69, 9.17) is 4.74 Å². The number of hydrogen-bond acceptors (Lipinski definition) is 6. The third kappa shape index (κ3) is 2.28. The Morgan fingerprint density at radius 3 is 2.71 bits per heavy atom. The number of aliphatic hydroxyl groups excluding tert-OH is 3. The molecule has 2 aromatic rings. The van der Waals surface area contributed by atoms with Gasteiger partial charge >= 0.3 is 0 Å². The van der Waals surface area contributed by atoms with Gasteiger partial charge in [0.25, 0.3) is 5.69 Å². The van der Waals surface area contributed by atoms with E-state index >= 15 is 0 Å². The van der Waals surface area contributed by atoms with Crippen LogP contribution in [0, 0.1) is 10.1 Å². The molecule has 1 aromatic heterocycles. The summed E-state index contributed by atoms with van der Waals surface area (Å²) >= 11 is 0. The van der Waals surface area contributed by atoms with Crippen LogP contribution in [0.2, 0.25) is 0 Å². The Labute approximate surface area is 119 Å². The average Bonchev–Trinajstić information content (AvgIpc) is 2.88. The molecule has 1 saturated heterocycles. The van der Waals surface area contributed by atoms with Crippen molar-refractivity contribution in [2.75, 3.05) is 6.61 Å². The molecular formula is C13H14N2O6. The minimum Gasteiger partial charge on any atom is -0.388 e. The lowest BCUT2D eigenvalue weighted by Crippen LogP contribution is -2.50. The Balaban J connectivity index is 1.99. The molecule has 3 rings (SSSR count). The fraction of sp³-hybridized carbons (Fsp3) is 0.385. The summed E-state index contributed by atoms with van der Waals surface area (Å²) in [6.07, 6.45) is -2.98. The lowest BCUT2D eigenvalue weighted by Gasteiger charge is -2.36. The highest BCUT2D eigenvalue weighted by molar-refractivity contribution is 5.82. The van der Waals surface area contributed by atoms with Crippen LogP contribution in [0.3, 0.4) is 0 Å². The molecule has 1 aromatic carbocycles. The first-order valence-corrected chi connectivity index (χ1v) is 6.40. The highest BCUT2D eigenvalue weighted by Crippen LogP contribution is 2.30. The van der Waals surface area contributed by atoms with Crippen molar-refractivity contribution in [3.05, 3.63) is 40.6 Å². The van der Waals surface area contributed by atoms with Crippen LogP contribution in [0.1, 0.15) is 6.23 Å². The molecule has 0 bridgehead atoms. The van der Waals surface area contributed by atoms with Crippen molar-refractivity contribution in [1.29, 1.82) is 0 Å².